The predicted molar refractivity (Wildman–Crippen MR) is 94.5 cm³/mol. The monoisotopic (exact) mass is 406 g/mol. The Morgan fingerprint density at radius 1 is 1.37 bits per heavy atom. The zero-order valence-electron chi connectivity index (χ0n) is 15.3. The van der Waals surface area contributed by atoms with Crippen LogP contribution < -0.4 is 0 Å². The first-order valence-electron chi connectivity index (χ1n) is 8.75. The average molecular weight is 406 g/mol. The van der Waals surface area contributed by atoms with E-state index in [9.17, 15) is 27.5 Å². The third-order valence-corrected chi connectivity index (χ3v) is 6.49. The Balaban J connectivity index is 1.92. The minimum atomic E-state index is -3.42. The van der Waals surface area contributed by atoms with E-state index in [-0.39, 0.29) is 16.0 Å². The summed E-state index contributed by atoms with van der Waals surface area (Å²) < 4.78 is 52.6. The Morgan fingerprint density at radius 3 is 2.59 bits per heavy atom. The van der Waals surface area contributed by atoms with E-state index in [2.05, 4.69) is 25.9 Å². The molecule has 3 rings (SSSR count). The molecule has 2 heterocycles. The first kappa shape index (κ1) is 20.3. The standard InChI is InChI=1S/C18H22F4N2O2S/c1-17(2,3)9-4-5-10-11(8-27-13(10)6-9)15(25)24-18(26,16(21)22)7-12(23-24)14(19)20/h8-9,14,16,26H,4-7H2,1-3H3/t9-,18+/m0/s1. The highest BCUT2D eigenvalue weighted by atomic mass is 32.1. The smallest absolute Gasteiger partial charge is 0.287 e. The molecule has 150 valence electrons. The summed E-state index contributed by atoms with van der Waals surface area (Å²) in [5.74, 6) is -0.528. The molecule has 1 aromatic rings. The van der Waals surface area contributed by atoms with Gasteiger partial charge in [-0.1, -0.05) is 20.8 Å². The Morgan fingerprint density at radius 2 is 2.04 bits per heavy atom. The van der Waals surface area contributed by atoms with Crippen LogP contribution in [-0.4, -0.2) is 40.3 Å². The van der Waals surface area contributed by atoms with Crippen LogP contribution in [0.3, 0.4) is 0 Å². The molecule has 0 radical (unpaired) electrons. The topological polar surface area (TPSA) is 52.9 Å². The van der Waals surface area contributed by atoms with Crippen molar-refractivity contribution in [3.8, 4) is 0 Å². The first-order chi connectivity index (χ1) is 12.4. The van der Waals surface area contributed by atoms with Crippen LogP contribution in [-0.2, 0) is 12.8 Å². The van der Waals surface area contributed by atoms with E-state index in [0.717, 1.165) is 23.3 Å². The summed E-state index contributed by atoms with van der Waals surface area (Å²) in [6.45, 7) is 6.45. The van der Waals surface area contributed by atoms with Gasteiger partial charge >= 0.3 is 0 Å². The summed E-state index contributed by atoms with van der Waals surface area (Å²) in [6, 6.07) is 0. The highest BCUT2D eigenvalue weighted by molar-refractivity contribution is 7.10. The molecule has 1 amide bonds. The fraction of sp³-hybridized carbons (Fsp3) is 0.667. The first-order valence-corrected chi connectivity index (χ1v) is 9.63. The van der Waals surface area contributed by atoms with Crippen molar-refractivity contribution in [3.63, 3.8) is 0 Å². The van der Waals surface area contributed by atoms with Gasteiger partial charge in [0.05, 0.1) is 5.56 Å². The second kappa shape index (κ2) is 6.84. The quantitative estimate of drug-likeness (QED) is 0.760. The predicted octanol–water partition coefficient (Wildman–Crippen LogP) is 4.32. The number of aliphatic hydroxyl groups is 1. The molecule has 4 nitrogen and oxygen atoms in total. The molecule has 0 aromatic carbocycles. The number of carbonyl (C=O) groups excluding carboxylic acids is 1. The largest absolute Gasteiger partial charge is 0.364 e. The Labute approximate surface area is 158 Å². The maximum Gasteiger partial charge on any atom is 0.287 e. The number of nitrogens with zero attached hydrogens (tertiary/aromatic N) is 2. The SMILES string of the molecule is CC(C)(C)[C@H]1CCc2c(C(=O)N3N=C(C(F)F)C[C@@]3(O)C(F)F)csc2C1. The number of hydrogen-bond acceptors (Lipinski definition) is 4. The summed E-state index contributed by atoms with van der Waals surface area (Å²) >= 11 is 1.36. The summed E-state index contributed by atoms with van der Waals surface area (Å²) in [4.78, 5) is 13.8. The normalized spacial score (nSPS) is 25.9. The second-order valence-electron chi connectivity index (χ2n) is 8.22. The van der Waals surface area contributed by atoms with E-state index in [1.165, 1.54) is 11.3 Å². The number of hydrazone groups is 1. The van der Waals surface area contributed by atoms with Crippen molar-refractivity contribution < 1.29 is 27.5 Å². The van der Waals surface area contributed by atoms with Gasteiger partial charge in [-0.25, -0.2) is 17.6 Å². The van der Waals surface area contributed by atoms with Crippen LogP contribution in [0.4, 0.5) is 17.6 Å². The van der Waals surface area contributed by atoms with Gasteiger partial charge in [-0.15, -0.1) is 11.3 Å². The van der Waals surface area contributed by atoms with Crippen molar-refractivity contribution in [3.05, 3.63) is 21.4 Å². The lowest BCUT2D eigenvalue weighted by molar-refractivity contribution is -0.164. The molecule has 27 heavy (non-hydrogen) atoms. The van der Waals surface area contributed by atoms with Gasteiger partial charge in [0, 0.05) is 16.7 Å². The number of alkyl halides is 4. The lowest BCUT2D eigenvalue weighted by Crippen LogP contribution is -2.51. The zero-order chi connectivity index (χ0) is 20.1. The summed E-state index contributed by atoms with van der Waals surface area (Å²) in [6.07, 6.45) is -5.36. The van der Waals surface area contributed by atoms with Crippen LogP contribution >= 0.6 is 11.3 Å². The number of thiophene rings is 1. The fourth-order valence-electron chi connectivity index (χ4n) is 3.65. The number of rotatable bonds is 3. The van der Waals surface area contributed by atoms with Crippen LogP contribution in [0, 0.1) is 11.3 Å². The molecule has 2 atom stereocenters. The van der Waals surface area contributed by atoms with Gasteiger partial charge < -0.3 is 5.11 Å². The van der Waals surface area contributed by atoms with Gasteiger partial charge in [0.1, 0.15) is 5.71 Å². The van der Waals surface area contributed by atoms with Crippen LogP contribution in [0.5, 0.6) is 0 Å². The fourth-order valence-corrected chi connectivity index (χ4v) is 4.80. The lowest BCUT2D eigenvalue weighted by atomic mass is 9.72. The minimum absolute atomic E-state index is 0.104. The van der Waals surface area contributed by atoms with E-state index >= 15 is 0 Å². The average Bonchev–Trinajstić information content (AvgIpc) is 3.15. The van der Waals surface area contributed by atoms with E-state index in [1.54, 1.807) is 5.38 Å². The molecule has 1 aliphatic carbocycles. The Kier molecular flexibility index (Phi) is 5.14. The van der Waals surface area contributed by atoms with Gasteiger partial charge in [0.25, 0.3) is 18.8 Å². The number of fused-ring (bicyclic) bond motifs is 1. The van der Waals surface area contributed by atoms with E-state index in [4.69, 9.17) is 0 Å². The van der Waals surface area contributed by atoms with Crippen molar-refractivity contribution in [2.45, 2.75) is 65.0 Å². The number of amides is 1. The third kappa shape index (κ3) is 3.51. The molecule has 0 unspecified atom stereocenters. The van der Waals surface area contributed by atoms with Gasteiger partial charge in [0.2, 0.25) is 5.72 Å². The maximum absolute atomic E-state index is 13.4. The van der Waals surface area contributed by atoms with E-state index in [1.807, 2.05) is 0 Å². The number of halogens is 4. The number of hydrogen-bond donors (Lipinski definition) is 1. The molecule has 0 fully saturated rings. The van der Waals surface area contributed by atoms with Gasteiger partial charge in [-0.2, -0.15) is 10.1 Å². The van der Waals surface area contributed by atoms with Crippen LogP contribution in [0.1, 0.15) is 54.4 Å². The molecule has 0 spiro atoms. The Hall–Kier alpha value is -1.48. The highest BCUT2D eigenvalue weighted by Crippen LogP contribution is 2.42. The van der Waals surface area contributed by atoms with Crippen molar-refractivity contribution in [1.29, 1.82) is 0 Å². The molecule has 0 bridgehead atoms. The molecule has 9 heteroatoms. The lowest BCUT2D eigenvalue weighted by Gasteiger charge is -2.34. The zero-order valence-corrected chi connectivity index (χ0v) is 16.1. The Bertz CT molecular complexity index is 772. The maximum atomic E-state index is 13.4. The van der Waals surface area contributed by atoms with E-state index < -0.39 is 36.6 Å². The molecular formula is C18H22F4N2O2S. The molecule has 1 aromatic heterocycles. The van der Waals surface area contributed by atoms with Gasteiger partial charge in [-0.05, 0) is 36.2 Å². The molecule has 1 aliphatic heterocycles. The van der Waals surface area contributed by atoms with Crippen LogP contribution in [0.15, 0.2) is 10.5 Å². The number of carbonyl (C=O) groups is 1. The summed E-state index contributed by atoms with van der Waals surface area (Å²) in [7, 11) is 0. The molecule has 2 aliphatic rings. The summed E-state index contributed by atoms with van der Waals surface area (Å²) in [5, 5.41) is 15.2. The van der Waals surface area contributed by atoms with Gasteiger partial charge in [-0.3, -0.25) is 4.79 Å². The molecule has 1 N–H and O–H groups in total. The van der Waals surface area contributed by atoms with Crippen LogP contribution in [0.25, 0.3) is 0 Å². The molecular weight excluding hydrogens is 384 g/mol. The van der Waals surface area contributed by atoms with Crippen molar-refractivity contribution in [2.24, 2.45) is 16.4 Å². The van der Waals surface area contributed by atoms with Crippen molar-refractivity contribution in [2.75, 3.05) is 0 Å². The van der Waals surface area contributed by atoms with Crippen LogP contribution in [0.2, 0.25) is 0 Å². The summed E-state index contributed by atoms with van der Waals surface area (Å²) in [5.41, 5.74) is -2.93. The second-order valence-corrected chi connectivity index (χ2v) is 9.19. The molecule has 0 saturated carbocycles. The molecule has 0 saturated heterocycles. The minimum Gasteiger partial charge on any atom is -0.364 e. The third-order valence-electron chi connectivity index (χ3n) is 5.44. The van der Waals surface area contributed by atoms with Gasteiger partial charge in [0.15, 0.2) is 0 Å². The highest BCUT2D eigenvalue weighted by Gasteiger charge is 2.53. The van der Waals surface area contributed by atoms with Crippen molar-refractivity contribution >= 4 is 23.0 Å². The van der Waals surface area contributed by atoms with E-state index in [0.29, 0.717) is 12.3 Å². The van der Waals surface area contributed by atoms with Crippen molar-refractivity contribution in [1.82, 2.24) is 5.01 Å².